The van der Waals surface area contributed by atoms with Gasteiger partial charge in [-0.3, -0.25) is 19.1 Å². The second kappa shape index (κ2) is 14.4. The van der Waals surface area contributed by atoms with Crippen molar-refractivity contribution >= 4 is 50.0 Å². The zero-order valence-corrected chi connectivity index (χ0v) is 32.7. The fourth-order valence-corrected chi connectivity index (χ4v) is 8.72. The van der Waals surface area contributed by atoms with Gasteiger partial charge in [0.2, 0.25) is 27.7 Å². The maximum Gasteiger partial charge on any atom is 0.259 e. The van der Waals surface area contributed by atoms with Crippen LogP contribution in [-0.2, 0) is 24.4 Å². The first-order chi connectivity index (χ1) is 26.4. The molecular weight excluding hydrogens is 751 g/mol. The van der Waals surface area contributed by atoms with E-state index in [-0.39, 0.29) is 31.0 Å². The predicted octanol–water partition coefficient (Wildman–Crippen LogP) is 3.89. The molecule has 1 aromatic heterocycles. The molecule has 0 radical (unpaired) electrons. The third kappa shape index (κ3) is 7.40. The molecule has 3 amide bonds. The lowest BCUT2D eigenvalue weighted by molar-refractivity contribution is -0.141. The Bertz CT molecular complexity index is 2210. The summed E-state index contributed by atoms with van der Waals surface area (Å²) in [5.74, 6) is -2.90. The molecule has 300 valence electrons. The van der Waals surface area contributed by atoms with E-state index in [1.165, 1.54) is 17.0 Å². The number of likely N-dealkylation sites (N-methyl/N-ethyl adjacent to an activating group) is 1. The van der Waals surface area contributed by atoms with Crippen molar-refractivity contribution < 1.29 is 45.8 Å². The minimum Gasteiger partial charge on any atom is -0.497 e. The molecule has 2 aliphatic carbocycles. The summed E-state index contributed by atoms with van der Waals surface area (Å²) in [6.45, 7) is 10.1. The Kier molecular flexibility index (Phi) is 10.0. The fourth-order valence-electron chi connectivity index (χ4n) is 7.35. The lowest BCUT2D eigenvalue weighted by atomic mass is 9.85. The average Bonchev–Trinajstić information content (AvgIpc) is 4.08. The highest BCUT2D eigenvalue weighted by molar-refractivity contribution is 7.91. The number of hydrogen-bond donors (Lipinski definition) is 3. The van der Waals surface area contributed by atoms with Crippen molar-refractivity contribution in [3.63, 3.8) is 0 Å². The summed E-state index contributed by atoms with van der Waals surface area (Å²) >= 11 is 0. The lowest BCUT2D eigenvalue weighted by Gasteiger charge is -2.36. The third-order valence-corrected chi connectivity index (χ3v) is 12.7. The number of ether oxygens (including phenoxy) is 3. The minimum atomic E-state index is -3.94. The van der Waals surface area contributed by atoms with Crippen LogP contribution in [0.5, 0.6) is 17.4 Å². The molecule has 2 aliphatic heterocycles. The molecule has 0 bridgehead atoms. The first-order valence-electron chi connectivity index (χ1n) is 18.5. The van der Waals surface area contributed by atoms with Crippen molar-refractivity contribution in [3.05, 3.63) is 60.7 Å². The molecule has 3 fully saturated rings. The largest absolute Gasteiger partial charge is 0.497 e. The third-order valence-electron chi connectivity index (χ3n) is 10.9. The van der Waals surface area contributed by atoms with Gasteiger partial charge in [-0.1, -0.05) is 26.8 Å². The zero-order chi connectivity index (χ0) is 40.3. The van der Waals surface area contributed by atoms with Crippen LogP contribution in [0.15, 0.2) is 49.1 Å². The molecule has 3 aromatic rings. The van der Waals surface area contributed by atoms with Gasteiger partial charge in [0.15, 0.2) is 23.2 Å². The van der Waals surface area contributed by atoms with Crippen molar-refractivity contribution in [1.82, 2.24) is 19.9 Å². The van der Waals surface area contributed by atoms with Crippen LogP contribution < -0.4 is 34.5 Å². The predicted molar refractivity (Wildman–Crippen MR) is 204 cm³/mol. The van der Waals surface area contributed by atoms with Gasteiger partial charge in [-0.05, 0) is 55.0 Å². The number of benzene rings is 2. The summed E-state index contributed by atoms with van der Waals surface area (Å²) < 4.78 is 73.9. The molecule has 7 rings (SSSR count). The number of nitrogens with zero attached hydrogens (tertiary/aromatic N) is 3. The van der Waals surface area contributed by atoms with Gasteiger partial charge < -0.3 is 34.6 Å². The molecule has 2 aromatic carbocycles. The summed E-state index contributed by atoms with van der Waals surface area (Å²) in [6, 6.07) is 6.33. The van der Waals surface area contributed by atoms with Gasteiger partial charge in [0.05, 0.1) is 25.4 Å². The van der Waals surface area contributed by atoms with Crippen LogP contribution in [0.25, 0.3) is 10.8 Å². The number of pyridine rings is 1. The number of likely N-dealkylation sites (tertiary alicyclic amines) is 1. The molecule has 5 atom stereocenters. The van der Waals surface area contributed by atoms with E-state index >= 15 is 0 Å². The second-order valence-corrected chi connectivity index (χ2v) is 17.9. The molecule has 4 aliphatic rings. The van der Waals surface area contributed by atoms with Crippen LogP contribution in [0.3, 0.4) is 0 Å². The number of carbonyl (C=O) groups is 3. The number of carbonyl (C=O) groups excluding carboxylic acids is 3. The minimum absolute atomic E-state index is 0.0286. The Labute approximate surface area is 324 Å². The first kappa shape index (κ1) is 39.1. The van der Waals surface area contributed by atoms with Gasteiger partial charge in [0.1, 0.15) is 36.1 Å². The molecule has 0 spiro atoms. The van der Waals surface area contributed by atoms with Crippen molar-refractivity contribution in [2.45, 2.75) is 75.4 Å². The maximum absolute atomic E-state index is 14.7. The Balaban J connectivity index is 1.23. The quantitative estimate of drug-likeness (QED) is 0.228. The van der Waals surface area contributed by atoms with E-state index in [1.807, 2.05) is 18.0 Å². The van der Waals surface area contributed by atoms with E-state index < -0.39 is 79.7 Å². The number of aromatic nitrogens is 1. The van der Waals surface area contributed by atoms with E-state index in [9.17, 15) is 31.6 Å². The molecule has 3 heterocycles. The number of anilines is 2. The second-order valence-electron chi connectivity index (χ2n) is 16.0. The molecule has 17 heteroatoms. The zero-order valence-electron chi connectivity index (χ0n) is 31.9. The topological polar surface area (TPSA) is 168 Å². The number of halogens is 2. The van der Waals surface area contributed by atoms with Crippen molar-refractivity contribution in [2.75, 3.05) is 44.1 Å². The Hall–Kier alpha value is -5.19. The number of nitrogens with one attached hydrogen (secondary N) is 3. The highest BCUT2D eigenvalue weighted by atomic mass is 32.2. The summed E-state index contributed by atoms with van der Waals surface area (Å²) in [6.07, 6.45) is 1.65. The summed E-state index contributed by atoms with van der Waals surface area (Å²) in [4.78, 5) is 50.8. The van der Waals surface area contributed by atoms with Crippen LogP contribution in [-0.4, -0.2) is 98.9 Å². The van der Waals surface area contributed by atoms with Gasteiger partial charge in [-0.25, -0.2) is 17.2 Å². The fraction of sp³-hybridized carbons (Fsp3) is 0.487. The van der Waals surface area contributed by atoms with Crippen molar-refractivity contribution in [2.24, 2.45) is 11.3 Å². The smallest absolute Gasteiger partial charge is 0.259 e. The normalized spacial score (nSPS) is 23.7. The Morgan fingerprint density at radius 2 is 1.86 bits per heavy atom. The molecule has 14 nitrogen and oxygen atoms in total. The van der Waals surface area contributed by atoms with Gasteiger partial charge in [-0.15, -0.1) is 6.58 Å². The van der Waals surface area contributed by atoms with Crippen LogP contribution in [0.4, 0.5) is 20.3 Å². The van der Waals surface area contributed by atoms with E-state index in [0.717, 1.165) is 12.1 Å². The SMILES string of the molecule is C=C[C@@H]1C[C@]1(NC(=O)[C@@H]1C[C@@H](Oc2nc3c(c4cc(OC)ccc24)OCCN3C)CN1C(=O)C(Nc1ccc(F)c(F)c1)C(C)(C)C)C(=O)NS(=O)(=O)C1CC1. The average molecular weight is 797 g/mol. The molecule has 1 unspecified atom stereocenters. The van der Waals surface area contributed by atoms with E-state index in [0.29, 0.717) is 54.1 Å². The standard InChI is InChI=1S/C39H46F2N6O8S/c1-7-21-19-39(21,37(50)45-56(51,52)25-10-11-25)44-34(48)30-18-24(20-47(30)36(49)32(38(2,3)4)42-22-8-13-28(40)29(41)16-22)55-35-26-12-9-23(53-6)17-27(26)31-33(43-35)46(5)14-15-54-31/h7-9,12-13,16-17,21,24-25,30,32,42H,1,10-11,14-15,18-20H2,2-6H3,(H,44,48)(H,45,50)/t21-,24-,30+,32?,39-/m1/s1. The lowest BCUT2D eigenvalue weighted by Crippen LogP contribution is -2.58. The molecule has 56 heavy (non-hydrogen) atoms. The molecule has 3 N–H and O–H groups in total. The molecule has 1 saturated heterocycles. The highest BCUT2D eigenvalue weighted by Gasteiger charge is 2.62. The van der Waals surface area contributed by atoms with Crippen LogP contribution in [0.1, 0.15) is 46.5 Å². The Morgan fingerprint density at radius 1 is 1.11 bits per heavy atom. The summed E-state index contributed by atoms with van der Waals surface area (Å²) in [5, 5.41) is 6.46. The van der Waals surface area contributed by atoms with Gasteiger partial charge >= 0.3 is 0 Å². The number of fused-ring (bicyclic) bond motifs is 3. The number of amides is 3. The van der Waals surface area contributed by atoms with Crippen molar-refractivity contribution in [3.8, 4) is 17.4 Å². The summed E-state index contributed by atoms with van der Waals surface area (Å²) in [7, 11) is -0.502. The van der Waals surface area contributed by atoms with E-state index in [2.05, 4.69) is 21.9 Å². The molecular formula is C39H46F2N6O8S. The van der Waals surface area contributed by atoms with Gasteiger partial charge in [0, 0.05) is 41.9 Å². The van der Waals surface area contributed by atoms with Crippen LogP contribution in [0, 0.1) is 23.0 Å². The number of methoxy groups -OCH3 is 1. The maximum atomic E-state index is 14.7. The van der Waals surface area contributed by atoms with E-state index in [1.54, 1.807) is 40.0 Å². The first-order valence-corrected chi connectivity index (χ1v) is 20.1. The van der Waals surface area contributed by atoms with Crippen molar-refractivity contribution in [1.29, 1.82) is 0 Å². The monoisotopic (exact) mass is 796 g/mol. The number of rotatable bonds is 12. The van der Waals surface area contributed by atoms with Crippen LogP contribution >= 0.6 is 0 Å². The van der Waals surface area contributed by atoms with Gasteiger partial charge in [-0.2, -0.15) is 4.98 Å². The molecule has 2 saturated carbocycles. The van der Waals surface area contributed by atoms with E-state index in [4.69, 9.17) is 19.2 Å². The number of hydrogen-bond acceptors (Lipinski definition) is 11. The Morgan fingerprint density at radius 3 is 2.50 bits per heavy atom. The van der Waals surface area contributed by atoms with Gasteiger partial charge in [0.25, 0.3) is 5.91 Å². The number of sulfonamides is 1. The highest BCUT2D eigenvalue weighted by Crippen LogP contribution is 2.46. The summed E-state index contributed by atoms with van der Waals surface area (Å²) in [5.41, 5.74) is -2.26. The van der Waals surface area contributed by atoms with Crippen LogP contribution in [0.2, 0.25) is 0 Å².